The van der Waals surface area contributed by atoms with E-state index in [9.17, 15) is 4.79 Å². The van der Waals surface area contributed by atoms with Gasteiger partial charge in [-0.1, -0.05) is 23.7 Å². The average molecular weight is 263 g/mol. The molecule has 1 aromatic heterocycles. The van der Waals surface area contributed by atoms with Gasteiger partial charge < -0.3 is 10.4 Å². The maximum Gasteiger partial charge on any atom is 0.274 e. The first-order chi connectivity index (χ1) is 8.69. The van der Waals surface area contributed by atoms with Gasteiger partial charge in [0.05, 0.1) is 6.61 Å². The molecular weight excluding hydrogens is 252 g/mol. The fourth-order valence-corrected chi connectivity index (χ4v) is 1.58. The van der Waals surface area contributed by atoms with Gasteiger partial charge in [-0.3, -0.25) is 9.78 Å². The van der Waals surface area contributed by atoms with Crippen molar-refractivity contribution in [3.8, 4) is 0 Å². The molecule has 1 amide bonds. The molecule has 0 radical (unpaired) electrons. The summed E-state index contributed by atoms with van der Waals surface area (Å²) in [5.41, 5.74) is 1.68. The van der Waals surface area contributed by atoms with E-state index in [4.69, 9.17) is 16.7 Å². The summed E-state index contributed by atoms with van der Waals surface area (Å²) < 4.78 is 0. The topological polar surface area (TPSA) is 62.2 Å². The van der Waals surface area contributed by atoms with Gasteiger partial charge in [0.2, 0.25) is 0 Å². The molecule has 1 heterocycles. The van der Waals surface area contributed by atoms with Crippen molar-refractivity contribution in [1.82, 2.24) is 4.98 Å². The molecule has 92 valence electrons. The van der Waals surface area contributed by atoms with E-state index in [1.54, 1.807) is 30.3 Å². The van der Waals surface area contributed by atoms with E-state index in [0.717, 1.165) is 5.56 Å². The molecule has 5 heteroatoms. The molecule has 0 saturated carbocycles. The first kappa shape index (κ1) is 12.5. The molecule has 2 aromatic rings. The van der Waals surface area contributed by atoms with Gasteiger partial charge in [0.15, 0.2) is 0 Å². The van der Waals surface area contributed by atoms with Gasteiger partial charge in [0.25, 0.3) is 5.91 Å². The lowest BCUT2D eigenvalue weighted by Crippen LogP contribution is -2.13. The fourth-order valence-electron chi connectivity index (χ4n) is 1.42. The Hall–Kier alpha value is -1.91. The number of hydrogen-bond donors (Lipinski definition) is 2. The molecule has 0 unspecified atom stereocenters. The Labute approximate surface area is 109 Å². The van der Waals surface area contributed by atoms with Crippen molar-refractivity contribution in [3.05, 3.63) is 58.9 Å². The van der Waals surface area contributed by atoms with Gasteiger partial charge in [-0.25, -0.2) is 0 Å². The number of halogens is 1. The van der Waals surface area contributed by atoms with Crippen LogP contribution in [-0.2, 0) is 6.61 Å². The van der Waals surface area contributed by atoms with Gasteiger partial charge in [-0.2, -0.15) is 0 Å². The SMILES string of the molecule is O=C(Nc1ccc(CO)cc1)c1cc(Cl)ccn1. The summed E-state index contributed by atoms with van der Waals surface area (Å²) in [4.78, 5) is 15.8. The van der Waals surface area contributed by atoms with E-state index < -0.39 is 0 Å². The van der Waals surface area contributed by atoms with Crippen molar-refractivity contribution >= 4 is 23.2 Å². The normalized spacial score (nSPS) is 10.1. The van der Waals surface area contributed by atoms with Crippen LogP contribution >= 0.6 is 11.6 Å². The number of aromatic nitrogens is 1. The molecule has 18 heavy (non-hydrogen) atoms. The van der Waals surface area contributed by atoms with Gasteiger partial charge in [-0.05, 0) is 29.8 Å². The highest BCUT2D eigenvalue weighted by molar-refractivity contribution is 6.30. The van der Waals surface area contributed by atoms with Crippen molar-refractivity contribution in [1.29, 1.82) is 0 Å². The molecule has 0 aliphatic heterocycles. The van der Waals surface area contributed by atoms with Crippen LogP contribution in [0, 0.1) is 0 Å². The number of carbonyl (C=O) groups is 1. The van der Waals surface area contributed by atoms with Crippen molar-refractivity contribution in [3.63, 3.8) is 0 Å². The summed E-state index contributed by atoms with van der Waals surface area (Å²) in [5.74, 6) is -0.325. The van der Waals surface area contributed by atoms with Crippen LogP contribution in [0.4, 0.5) is 5.69 Å². The van der Waals surface area contributed by atoms with E-state index in [1.807, 2.05) is 0 Å². The van der Waals surface area contributed by atoms with Crippen molar-refractivity contribution < 1.29 is 9.90 Å². The van der Waals surface area contributed by atoms with E-state index in [1.165, 1.54) is 12.3 Å². The standard InChI is InChI=1S/C13H11ClN2O2/c14-10-5-6-15-12(7-10)13(18)16-11-3-1-9(8-17)2-4-11/h1-7,17H,8H2,(H,16,18). The maximum absolute atomic E-state index is 11.8. The highest BCUT2D eigenvalue weighted by Crippen LogP contribution is 2.12. The van der Waals surface area contributed by atoms with Crippen molar-refractivity contribution in [2.24, 2.45) is 0 Å². The Bertz CT molecular complexity index is 555. The number of rotatable bonds is 3. The quantitative estimate of drug-likeness (QED) is 0.893. The molecule has 2 rings (SSSR count). The van der Waals surface area contributed by atoms with E-state index in [0.29, 0.717) is 10.7 Å². The second-order valence-corrected chi connectivity index (χ2v) is 4.10. The molecule has 0 fully saturated rings. The molecule has 0 atom stereocenters. The van der Waals surface area contributed by atoms with Gasteiger partial charge >= 0.3 is 0 Å². The van der Waals surface area contributed by atoms with Crippen LogP contribution in [0.2, 0.25) is 5.02 Å². The second-order valence-electron chi connectivity index (χ2n) is 3.67. The maximum atomic E-state index is 11.8. The number of benzene rings is 1. The Kier molecular flexibility index (Phi) is 3.92. The van der Waals surface area contributed by atoms with Crippen LogP contribution in [0.5, 0.6) is 0 Å². The number of aliphatic hydroxyl groups is 1. The third-order valence-corrected chi connectivity index (χ3v) is 2.58. The summed E-state index contributed by atoms with van der Waals surface area (Å²) in [6.07, 6.45) is 1.48. The number of nitrogens with one attached hydrogen (secondary N) is 1. The number of nitrogens with zero attached hydrogens (tertiary/aromatic N) is 1. The lowest BCUT2D eigenvalue weighted by molar-refractivity contribution is 0.102. The van der Waals surface area contributed by atoms with Gasteiger partial charge in [-0.15, -0.1) is 0 Å². The Balaban J connectivity index is 2.11. The minimum Gasteiger partial charge on any atom is -0.392 e. The van der Waals surface area contributed by atoms with Gasteiger partial charge in [0, 0.05) is 16.9 Å². The minimum atomic E-state index is -0.325. The Morgan fingerprint density at radius 1 is 1.28 bits per heavy atom. The number of anilines is 1. The molecule has 1 aromatic carbocycles. The van der Waals surface area contributed by atoms with Crippen molar-refractivity contribution in [2.75, 3.05) is 5.32 Å². The lowest BCUT2D eigenvalue weighted by Gasteiger charge is -2.05. The Morgan fingerprint density at radius 2 is 2.00 bits per heavy atom. The lowest BCUT2D eigenvalue weighted by atomic mass is 10.2. The first-order valence-corrected chi connectivity index (χ1v) is 5.69. The Morgan fingerprint density at radius 3 is 2.61 bits per heavy atom. The van der Waals surface area contributed by atoms with Crippen LogP contribution in [0.25, 0.3) is 0 Å². The third kappa shape index (κ3) is 3.06. The molecule has 2 N–H and O–H groups in total. The highest BCUT2D eigenvalue weighted by Gasteiger charge is 2.07. The first-order valence-electron chi connectivity index (χ1n) is 5.32. The molecule has 0 aliphatic carbocycles. The highest BCUT2D eigenvalue weighted by atomic mass is 35.5. The van der Waals surface area contributed by atoms with E-state index >= 15 is 0 Å². The predicted molar refractivity (Wildman–Crippen MR) is 69.6 cm³/mol. The van der Waals surface area contributed by atoms with Crippen LogP contribution in [0.15, 0.2) is 42.6 Å². The molecular formula is C13H11ClN2O2. The number of hydrogen-bond acceptors (Lipinski definition) is 3. The van der Waals surface area contributed by atoms with Crippen LogP contribution in [0.3, 0.4) is 0 Å². The summed E-state index contributed by atoms with van der Waals surface area (Å²) in [6.45, 7) is -0.0237. The summed E-state index contributed by atoms with van der Waals surface area (Å²) >= 11 is 5.78. The largest absolute Gasteiger partial charge is 0.392 e. The van der Waals surface area contributed by atoms with Crippen LogP contribution in [0.1, 0.15) is 16.1 Å². The van der Waals surface area contributed by atoms with Crippen molar-refractivity contribution in [2.45, 2.75) is 6.61 Å². The predicted octanol–water partition coefficient (Wildman–Crippen LogP) is 2.48. The zero-order chi connectivity index (χ0) is 13.0. The zero-order valence-corrected chi connectivity index (χ0v) is 10.2. The van der Waals surface area contributed by atoms with E-state index in [-0.39, 0.29) is 18.2 Å². The smallest absolute Gasteiger partial charge is 0.274 e. The number of amides is 1. The van der Waals surface area contributed by atoms with Crippen LogP contribution in [-0.4, -0.2) is 16.0 Å². The summed E-state index contributed by atoms with van der Waals surface area (Å²) in [7, 11) is 0. The van der Waals surface area contributed by atoms with E-state index in [2.05, 4.69) is 10.3 Å². The molecule has 0 spiro atoms. The van der Waals surface area contributed by atoms with Crippen LogP contribution < -0.4 is 5.32 Å². The summed E-state index contributed by atoms with van der Waals surface area (Å²) in [6, 6.07) is 10.0. The minimum absolute atomic E-state index is 0.0237. The number of pyridine rings is 1. The zero-order valence-electron chi connectivity index (χ0n) is 9.43. The molecule has 0 saturated heterocycles. The summed E-state index contributed by atoms with van der Waals surface area (Å²) in [5, 5.41) is 12.1. The number of carbonyl (C=O) groups excluding carboxylic acids is 1. The number of aliphatic hydroxyl groups excluding tert-OH is 1. The average Bonchev–Trinajstić information content (AvgIpc) is 2.39. The third-order valence-electron chi connectivity index (χ3n) is 2.35. The molecule has 4 nitrogen and oxygen atoms in total. The second kappa shape index (κ2) is 5.62. The fraction of sp³-hybridized carbons (Fsp3) is 0.0769. The monoisotopic (exact) mass is 262 g/mol. The molecule has 0 bridgehead atoms. The van der Waals surface area contributed by atoms with Gasteiger partial charge in [0.1, 0.15) is 5.69 Å². The molecule has 0 aliphatic rings.